The minimum Gasteiger partial charge on any atom is -0.490 e. The summed E-state index contributed by atoms with van der Waals surface area (Å²) in [6.45, 7) is 6.94. The number of amides is 1. The maximum atomic E-state index is 12.1. The van der Waals surface area contributed by atoms with Crippen LogP contribution in [0.25, 0.3) is 22.8 Å². The highest BCUT2D eigenvalue weighted by atomic mass is 16.5. The minimum atomic E-state index is -1.16. The lowest BCUT2D eigenvalue weighted by Crippen LogP contribution is -2.47. The van der Waals surface area contributed by atoms with Crippen molar-refractivity contribution >= 4 is 5.91 Å². The molecule has 0 aliphatic carbocycles. The smallest absolute Gasteiger partial charge is 0.258 e. The number of aliphatic hydroxyl groups excluding tert-OH is 2. The first kappa shape index (κ1) is 27.3. The van der Waals surface area contributed by atoms with Gasteiger partial charge in [0, 0.05) is 36.8 Å². The number of fused-ring (bicyclic) bond motifs is 1. The van der Waals surface area contributed by atoms with Crippen LogP contribution in [0.3, 0.4) is 0 Å². The number of ether oxygens (including phenoxy) is 1. The molecule has 1 aromatic heterocycles. The molecule has 0 saturated carbocycles. The highest BCUT2D eigenvalue weighted by Crippen LogP contribution is 2.29. The van der Waals surface area contributed by atoms with E-state index in [4.69, 9.17) is 14.4 Å². The SMILES string of the molecule is CC(C)Oc1ccc(-c2nc(-c3ccc4c(c3)CCN(C[C@@H](O)C(=O)N[C@H](C)CO)CC4)no2)cc1C#N. The summed E-state index contributed by atoms with van der Waals surface area (Å²) in [5.41, 5.74) is 4.22. The van der Waals surface area contributed by atoms with Crippen molar-refractivity contribution < 1.29 is 24.3 Å². The molecule has 3 aromatic rings. The molecule has 38 heavy (non-hydrogen) atoms. The van der Waals surface area contributed by atoms with Gasteiger partial charge < -0.3 is 24.8 Å². The Morgan fingerprint density at radius 1 is 1.16 bits per heavy atom. The van der Waals surface area contributed by atoms with E-state index in [0.717, 1.165) is 30.5 Å². The Hall–Kier alpha value is -3.78. The van der Waals surface area contributed by atoms with Crippen molar-refractivity contribution in [3.8, 4) is 34.7 Å². The highest BCUT2D eigenvalue weighted by molar-refractivity contribution is 5.81. The van der Waals surface area contributed by atoms with Gasteiger partial charge in [0.2, 0.25) is 11.7 Å². The summed E-state index contributed by atoms with van der Waals surface area (Å²) in [5, 5.41) is 35.7. The Balaban J connectivity index is 1.44. The van der Waals surface area contributed by atoms with Crippen molar-refractivity contribution in [3.05, 3.63) is 53.1 Å². The van der Waals surface area contributed by atoms with Crippen LogP contribution < -0.4 is 10.1 Å². The van der Waals surface area contributed by atoms with E-state index in [1.807, 2.05) is 19.9 Å². The molecule has 2 aromatic carbocycles. The summed E-state index contributed by atoms with van der Waals surface area (Å²) in [6.07, 6.45) is 0.327. The van der Waals surface area contributed by atoms with Crippen LogP contribution in [0.2, 0.25) is 0 Å². The average Bonchev–Trinajstić information content (AvgIpc) is 3.31. The molecule has 0 unspecified atom stereocenters. The third kappa shape index (κ3) is 6.55. The summed E-state index contributed by atoms with van der Waals surface area (Å²) in [4.78, 5) is 18.8. The molecular weight excluding hydrogens is 486 g/mol. The van der Waals surface area contributed by atoms with E-state index in [2.05, 4.69) is 38.6 Å². The Kier molecular flexibility index (Phi) is 8.73. The lowest BCUT2D eigenvalue weighted by atomic mass is 10.00. The fraction of sp³-hybridized carbons (Fsp3) is 0.429. The monoisotopic (exact) mass is 519 g/mol. The van der Waals surface area contributed by atoms with Crippen LogP contribution in [-0.2, 0) is 17.6 Å². The van der Waals surface area contributed by atoms with Crippen LogP contribution in [-0.4, -0.2) is 75.7 Å². The predicted octanol–water partition coefficient (Wildman–Crippen LogP) is 2.32. The van der Waals surface area contributed by atoms with Crippen molar-refractivity contribution in [1.29, 1.82) is 5.26 Å². The molecule has 0 bridgehead atoms. The molecule has 200 valence electrons. The fourth-order valence-corrected chi connectivity index (χ4v) is 4.37. The standard InChI is InChI=1S/C28H33N5O5/c1-17(2)37-25-7-6-22(13-23(25)14-29)28-31-26(32-38-28)21-5-4-19-8-10-33(11-9-20(19)12-21)15-24(35)27(36)30-18(3)16-34/h4-7,12-13,17-18,24,34-35H,8-11,15-16H2,1-3H3,(H,30,36)/t18-,24-/m1/s1. The molecule has 3 N–H and O–H groups in total. The van der Waals surface area contributed by atoms with Gasteiger partial charge in [-0.1, -0.05) is 17.3 Å². The van der Waals surface area contributed by atoms with Crippen molar-refractivity contribution in [2.75, 3.05) is 26.2 Å². The van der Waals surface area contributed by atoms with E-state index in [0.29, 0.717) is 35.1 Å². The summed E-state index contributed by atoms with van der Waals surface area (Å²) in [6, 6.07) is 13.0. The van der Waals surface area contributed by atoms with Gasteiger partial charge in [0.25, 0.3) is 5.89 Å². The number of aromatic nitrogens is 2. The number of benzene rings is 2. The zero-order valence-electron chi connectivity index (χ0n) is 21.8. The Bertz CT molecular complexity index is 1320. The molecule has 0 saturated heterocycles. The second kappa shape index (κ2) is 12.2. The number of nitrogens with one attached hydrogen (secondary N) is 1. The van der Waals surface area contributed by atoms with E-state index in [9.17, 15) is 15.2 Å². The molecule has 1 aliphatic heterocycles. The Morgan fingerprint density at radius 3 is 2.61 bits per heavy atom. The fourth-order valence-electron chi connectivity index (χ4n) is 4.37. The van der Waals surface area contributed by atoms with Crippen LogP contribution in [0, 0.1) is 11.3 Å². The van der Waals surface area contributed by atoms with Crippen molar-refractivity contribution in [3.63, 3.8) is 0 Å². The van der Waals surface area contributed by atoms with Gasteiger partial charge in [-0.05, 0) is 69.0 Å². The molecule has 0 fully saturated rings. The topological polar surface area (TPSA) is 145 Å². The number of aliphatic hydroxyl groups is 2. The van der Waals surface area contributed by atoms with Crippen molar-refractivity contribution in [2.45, 2.75) is 51.9 Å². The number of nitriles is 1. The van der Waals surface area contributed by atoms with E-state index in [1.54, 1.807) is 25.1 Å². The molecule has 10 heteroatoms. The van der Waals surface area contributed by atoms with Gasteiger partial charge in [-0.15, -0.1) is 0 Å². The normalized spacial score (nSPS) is 15.3. The molecule has 4 rings (SSSR count). The van der Waals surface area contributed by atoms with E-state index in [-0.39, 0.29) is 19.3 Å². The summed E-state index contributed by atoms with van der Waals surface area (Å²) in [7, 11) is 0. The summed E-state index contributed by atoms with van der Waals surface area (Å²) in [5.74, 6) is 0.803. The van der Waals surface area contributed by atoms with Crippen LogP contribution >= 0.6 is 0 Å². The third-order valence-corrected chi connectivity index (χ3v) is 6.39. The molecule has 1 aliphatic rings. The number of carbonyl (C=O) groups is 1. The number of hydrogen-bond donors (Lipinski definition) is 3. The lowest BCUT2D eigenvalue weighted by molar-refractivity contribution is -0.131. The second-order valence-electron chi connectivity index (χ2n) is 9.80. The third-order valence-electron chi connectivity index (χ3n) is 6.39. The van der Waals surface area contributed by atoms with Crippen LogP contribution in [0.15, 0.2) is 40.9 Å². The number of carbonyl (C=O) groups excluding carboxylic acids is 1. The first-order valence-corrected chi connectivity index (χ1v) is 12.8. The minimum absolute atomic E-state index is 0.0477. The predicted molar refractivity (Wildman–Crippen MR) is 140 cm³/mol. The van der Waals surface area contributed by atoms with Gasteiger partial charge in [-0.2, -0.15) is 10.2 Å². The van der Waals surface area contributed by atoms with Gasteiger partial charge in [-0.25, -0.2) is 0 Å². The first-order valence-electron chi connectivity index (χ1n) is 12.8. The van der Waals surface area contributed by atoms with Crippen LogP contribution in [0.1, 0.15) is 37.5 Å². The number of hydrogen-bond acceptors (Lipinski definition) is 9. The summed E-state index contributed by atoms with van der Waals surface area (Å²) < 4.78 is 11.2. The molecule has 0 spiro atoms. The molecule has 10 nitrogen and oxygen atoms in total. The maximum Gasteiger partial charge on any atom is 0.258 e. The van der Waals surface area contributed by atoms with Gasteiger partial charge >= 0.3 is 0 Å². The molecule has 2 atom stereocenters. The first-order chi connectivity index (χ1) is 18.3. The average molecular weight is 520 g/mol. The van der Waals surface area contributed by atoms with Gasteiger partial charge in [0.05, 0.1) is 18.3 Å². The van der Waals surface area contributed by atoms with Crippen LogP contribution in [0.5, 0.6) is 5.75 Å². The molecular formula is C28H33N5O5. The molecule has 2 heterocycles. The van der Waals surface area contributed by atoms with Gasteiger partial charge in [-0.3, -0.25) is 9.69 Å². The number of nitrogens with zero attached hydrogens (tertiary/aromatic N) is 4. The van der Waals surface area contributed by atoms with E-state index in [1.165, 1.54) is 5.56 Å². The zero-order valence-corrected chi connectivity index (χ0v) is 21.8. The van der Waals surface area contributed by atoms with Gasteiger partial charge in [0.15, 0.2) is 0 Å². The van der Waals surface area contributed by atoms with Crippen molar-refractivity contribution in [1.82, 2.24) is 20.4 Å². The summed E-state index contributed by atoms with van der Waals surface area (Å²) >= 11 is 0. The second-order valence-corrected chi connectivity index (χ2v) is 9.80. The quantitative estimate of drug-likeness (QED) is 0.388. The Labute approximate surface area is 221 Å². The molecule has 0 radical (unpaired) electrons. The Morgan fingerprint density at radius 2 is 1.89 bits per heavy atom. The highest BCUT2D eigenvalue weighted by Gasteiger charge is 2.23. The maximum absolute atomic E-state index is 12.1. The number of β-amino-alcohol motifs (C(OH)–C–C–N with tert-alkyl or cyclic N) is 1. The lowest BCUT2D eigenvalue weighted by Gasteiger charge is -2.23. The largest absolute Gasteiger partial charge is 0.490 e. The number of rotatable bonds is 9. The van der Waals surface area contributed by atoms with E-state index >= 15 is 0 Å². The van der Waals surface area contributed by atoms with Crippen LogP contribution in [0.4, 0.5) is 0 Å². The van der Waals surface area contributed by atoms with E-state index < -0.39 is 18.1 Å². The molecule has 1 amide bonds. The van der Waals surface area contributed by atoms with Gasteiger partial charge in [0.1, 0.15) is 17.9 Å². The van der Waals surface area contributed by atoms with Crippen molar-refractivity contribution in [2.24, 2.45) is 0 Å². The zero-order chi connectivity index (χ0) is 27.2.